The second-order valence-electron chi connectivity index (χ2n) is 9.29. The number of nitrogens with zero attached hydrogens (tertiary/aromatic N) is 2. The maximum Gasteiger partial charge on any atom is 0.338 e. The van der Waals surface area contributed by atoms with Crippen molar-refractivity contribution >= 4 is 46.6 Å². The maximum absolute atomic E-state index is 13.9. The van der Waals surface area contributed by atoms with Crippen LogP contribution in [0.25, 0.3) is 6.08 Å². The first-order valence-electron chi connectivity index (χ1n) is 12.7. The third-order valence-electron chi connectivity index (χ3n) is 5.93. The Bertz CT molecular complexity index is 1610. The molecule has 0 radical (unpaired) electrons. The summed E-state index contributed by atoms with van der Waals surface area (Å²) in [4.78, 5) is 32.0. The highest BCUT2D eigenvalue weighted by molar-refractivity contribution is 7.07. The van der Waals surface area contributed by atoms with Crippen LogP contribution in [0.15, 0.2) is 57.5 Å². The molecule has 0 spiro atoms. The first kappa shape index (κ1) is 28.9. The molecule has 4 rings (SSSR count). The van der Waals surface area contributed by atoms with Crippen molar-refractivity contribution < 1.29 is 19.0 Å². The van der Waals surface area contributed by atoms with E-state index in [2.05, 4.69) is 18.8 Å². The second kappa shape index (κ2) is 12.4. The summed E-state index contributed by atoms with van der Waals surface area (Å²) >= 11 is 14.2. The molecular formula is C29H30Cl2N2O5S. The highest BCUT2D eigenvalue weighted by Crippen LogP contribution is 2.37. The van der Waals surface area contributed by atoms with Gasteiger partial charge in [-0.15, -0.1) is 0 Å². The Kier molecular flexibility index (Phi) is 9.20. The number of rotatable bonds is 9. The molecule has 2 heterocycles. The van der Waals surface area contributed by atoms with E-state index in [1.165, 1.54) is 15.9 Å². The molecule has 3 aromatic rings. The molecule has 2 aromatic carbocycles. The van der Waals surface area contributed by atoms with Gasteiger partial charge in [-0.2, -0.15) is 0 Å². The van der Waals surface area contributed by atoms with E-state index >= 15 is 0 Å². The van der Waals surface area contributed by atoms with Crippen molar-refractivity contribution in [2.75, 3.05) is 19.8 Å². The van der Waals surface area contributed by atoms with Crippen LogP contribution in [0.3, 0.4) is 0 Å². The minimum atomic E-state index is -0.848. The quantitative estimate of drug-likeness (QED) is 0.307. The fourth-order valence-electron chi connectivity index (χ4n) is 4.23. The van der Waals surface area contributed by atoms with Crippen molar-refractivity contribution in [1.29, 1.82) is 0 Å². The molecule has 0 saturated heterocycles. The maximum atomic E-state index is 13.9. The number of ether oxygens (including phenoxy) is 3. The van der Waals surface area contributed by atoms with Crippen LogP contribution in [0.4, 0.5) is 0 Å². The number of hydrogen-bond acceptors (Lipinski definition) is 7. The molecule has 0 saturated carbocycles. The summed E-state index contributed by atoms with van der Waals surface area (Å²) in [6, 6.07) is 9.85. The Balaban J connectivity index is 1.88. The first-order valence-corrected chi connectivity index (χ1v) is 14.3. The molecule has 1 aliphatic rings. The van der Waals surface area contributed by atoms with Crippen LogP contribution in [-0.2, 0) is 9.53 Å². The second-order valence-corrected chi connectivity index (χ2v) is 11.1. The smallest absolute Gasteiger partial charge is 0.338 e. The van der Waals surface area contributed by atoms with Gasteiger partial charge in [-0.05, 0) is 56.5 Å². The molecule has 1 aliphatic heterocycles. The molecule has 0 amide bonds. The van der Waals surface area contributed by atoms with Gasteiger partial charge in [-0.1, -0.05) is 66.6 Å². The summed E-state index contributed by atoms with van der Waals surface area (Å²) < 4.78 is 19.0. The van der Waals surface area contributed by atoms with Gasteiger partial charge in [0.15, 0.2) is 16.3 Å². The van der Waals surface area contributed by atoms with Gasteiger partial charge in [0.05, 0.1) is 45.7 Å². The van der Waals surface area contributed by atoms with E-state index < -0.39 is 12.0 Å². The van der Waals surface area contributed by atoms with E-state index in [1.807, 2.05) is 25.1 Å². The summed E-state index contributed by atoms with van der Waals surface area (Å²) in [5.41, 5.74) is 1.66. The Labute approximate surface area is 241 Å². The van der Waals surface area contributed by atoms with Crippen LogP contribution in [0.2, 0.25) is 10.0 Å². The van der Waals surface area contributed by atoms with Crippen molar-refractivity contribution in [3.63, 3.8) is 0 Å². The Hall–Kier alpha value is -3.07. The van der Waals surface area contributed by atoms with E-state index in [4.69, 9.17) is 37.4 Å². The van der Waals surface area contributed by atoms with Crippen LogP contribution in [0.1, 0.15) is 51.8 Å². The van der Waals surface area contributed by atoms with Crippen LogP contribution in [-0.4, -0.2) is 30.4 Å². The lowest BCUT2D eigenvalue weighted by Crippen LogP contribution is -2.40. The number of aromatic nitrogens is 1. The molecular weight excluding hydrogens is 559 g/mol. The summed E-state index contributed by atoms with van der Waals surface area (Å²) in [6.07, 6.45) is 1.78. The average molecular weight is 590 g/mol. The van der Waals surface area contributed by atoms with Crippen molar-refractivity contribution in [2.45, 2.75) is 40.7 Å². The zero-order valence-electron chi connectivity index (χ0n) is 22.4. The highest BCUT2D eigenvalue weighted by Gasteiger charge is 2.34. The Morgan fingerprint density at radius 2 is 1.90 bits per heavy atom. The summed E-state index contributed by atoms with van der Waals surface area (Å²) in [5.74, 6) is 1.05. The average Bonchev–Trinajstić information content (AvgIpc) is 3.19. The van der Waals surface area contributed by atoms with Crippen LogP contribution < -0.4 is 24.4 Å². The SMILES string of the molecule is CCOC(=O)C1=C(C)N=c2s/c(=C\c3ccc(OCC(C)C)c(OCC)c3)c(=O)n2[C@@H]1c1cccc(Cl)c1Cl. The van der Waals surface area contributed by atoms with Gasteiger partial charge in [-0.3, -0.25) is 9.36 Å². The normalized spacial score (nSPS) is 15.3. The predicted molar refractivity (Wildman–Crippen MR) is 155 cm³/mol. The van der Waals surface area contributed by atoms with E-state index in [9.17, 15) is 9.59 Å². The van der Waals surface area contributed by atoms with E-state index in [0.29, 0.717) is 56.2 Å². The van der Waals surface area contributed by atoms with Gasteiger partial charge in [0, 0.05) is 5.56 Å². The summed E-state index contributed by atoms with van der Waals surface area (Å²) in [7, 11) is 0. The predicted octanol–water partition coefficient (Wildman–Crippen LogP) is 5.54. The van der Waals surface area contributed by atoms with Crippen LogP contribution in [0, 0.1) is 5.92 Å². The zero-order chi connectivity index (χ0) is 28.3. The molecule has 0 fully saturated rings. The fraction of sp³-hybridized carbons (Fsp3) is 0.345. The number of carbonyl (C=O) groups excluding carboxylic acids is 1. The van der Waals surface area contributed by atoms with Gasteiger partial charge in [-0.25, -0.2) is 9.79 Å². The molecule has 0 N–H and O–H groups in total. The van der Waals surface area contributed by atoms with E-state index in [1.54, 1.807) is 38.1 Å². The molecule has 7 nitrogen and oxygen atoms in total. The van der Waals surface area contributed by atoms with Crippen molar-refractivity contribution in [1.82, 2.24) is 4.57 Å². The fourth-order valence-corrected chi connectivity index (χ4v) is 5.69. The van der Waals surface area contributed by atoms with Gasteiger partial charge < -0.3 is 14.2 Å². The third-order valence-corrected chi connectivity index (χ3v) is 7.75. The standard InChI is InChI=1S/C29H30Cl2N2O5S/c1-6-36-22-13-18(11-12-21(22)38-15-16(3)4)14-23-27(34)33-26(19-9-8-10-20(30)25(19)31)24(28(35)37-7-2)17(5)32-29(33)39-23/h8-14,16,26H,6-7,15H2,1-5H3/b23-14-/t26-/m1/s1. The topological polar surface area (TPSA) is 79.1 Å². The number of thiazole rings is 1. The van der Waals surface area contributed by atoms with Crippen LogP contribution >= 0.6 is 34.5 Å². The summed E-state index contributed by atoms with van der Waals surface area (Å²) in [6.45, 7) is 10.7. The largest absolute Gasteiger partial charge is 0.490 e. The van der Waals surface area contributed by atoms with E-state index in [-0.39, 0.29) is 22.8 Å². The number of benzene rings is 2. The number of esters is 1. The number of carbonyl (C=O) groups is 1. The molecule has 0 aliphatic carbocycles. The Morgan fingerprint density at radius 1 is 1.13 bits per heavy atom. The van der Waals surface area contributed by atoms with E-state index in [0.717, 1.165) is 5.56 Å². The number of halogens is 2. The molecule has 1 atom stereocenters. The minimum Gasteiger partial charge on any atom is -0.490 e. The highest BCUT2D eigenvalue weighted by atomic mass is 35.5. The van der Waals surface area contributed by atoms with Gasteiger partial charge >= 0.3 is 5.97 Å². The summed E-state index contributed by atoms with van der Waals surface area (Å²) in [5, 5.41) is 0.575. The minimum absolute atomic E-state index is 0.176. The first-order chi connectivity index (χ1) is 18.7. The van der Waals surface area contributed by atoms with Gasteiger partial charge in [0.1, 0.15) is 6.04 Å². The molecule has 1 aromatic heterocycles. The lowest BCUT2D eigenvalue weighted by atomic mass is 9.96. The number of allylic oxidation sites excluding steroid dienone is 1. The lowest BCUT2D eigenvalue weighted by Gasteiger charge is -2.25. The third kappa shape index (κ3) is 6.08. The molecule has 0 bridgehead atoms. The number of hydrogen-bond donors (Lipinski definition) is 0. The van der Waals surface area contributed by atoms with Crippen molar-refractivity contribution in [3.8, 4) is 11.5 Å². The van der Waals surface area contributed by atoms with Crippen molar-refractivity contribution in [2.24, 2.45) is 10.9 Å². The van der Waals surface area contributed by atoms with Gasteiger partial charge in [0.2, 0.25) is 0 Å². The zero-order valence-corrected chi connectivity index (χ0v) is 24.7. The lowest BCUT2D eigenvalue weighted by molar-refractivity contribution is -0.139. The van der Waals surface area contributed by atoms with Crippen LogP contribution in [0.5, 0.6) is 11.5 Å². The molecule has 206 valence electrons. The molecule has 39 heavy (non-hydrogen) atoms. The van der Waals surface area contributed by atoms with Crippen molar-refractivity contribution in [3.05, 3.63) is 88.5 Å². The molecule has 0 unspecified atom stereocenters. The number of fused-ring (bicyclic) bond motifs is 1. The Morgan fingerprint density at radius 3 is 2.59 bits per heavy atom. The molecule has 10 heteroatoms. The van der Waals surface area contributed by atoms with Gasteiger partial charge in [0.25, 0.3) is 5.56 Å². The monoisotopic (exact) mass is 588 g/mol.